The van der Waals surface area contributed by atoms with Gasteiger partial charge in [0.15, 0.2) is 12.1 Å². The van der Waals surface area contributed by atoms with Gasteiger partial charge in [-0.1, -0.05) is 57.5 Å². The third-order valence-electron chi connectivity index (χ3n) is 5.35. The number of hydrogen-bond donors (Lipinski definition) is 1. The van der Waals surface area contributed by atoms with Gasteiger partial charge >= 0.3 is 7.60 Å². The molecule has 1 aliphatic carbocycles. The fraction of sp³-hybridized carbons (Fsp3) is 0.684. The van der Waals surface area contributed by atoms with E-state index >= 15 is 0 Å². The van der Waals surface area contributed by atoms with E-state index in [4.69, 9.17) is 14.0 Å². The van der Waals surface area contributed by atoms with Crippen molar-refractivity contribution < 1.29 is 23.5 Å². The van der Waals surface area contributed by atoms with Crippen molar-refractivity contribution in [1.29, 1.82) is 0 Å². The topological polar surface area (TPSA) is 65.0 Å². The van der Waals surface area contributed by atoms with Gasteiger partial charge in [-0.2, -0.15) is 0 Å². The monoisotopic (exact) mass is 368 g/mol. The van der Waals surface area contributed by atoms with Crippen molar-refractivity contribution in [3.8, 4) is 0 Å². The van der Waals surface area contributed by atoms with Gasteiger partial charge in [0.2, 0.25) is 0 Å². The minimum Gasteiger partial charge on any atom is -0.345 e. The molecule has 2 fully saturated rings. The maximum Gasteiger partial charge on any atom is 0.359 e. The van der Waals surface area contributed by atoms with Crippen LogP contribution in [0.25, 0.3) is 0 Å². The standard InChI is InChI=1S/C19H29O5P/c1-13(2)16-10-9-14(3)11-17(16)24-25(20,21)18-12-22-19(23-18)15-7-5-4-6-8-15/h4-8,13-14,16-19H,9-12H2,1-3H3,(H,20,21)/t14-,16+,17?,18?,19?/m1/s1. The summed E-state index contributed by atoms with van der Waals surface area (Å²) in [7, 11) is -3.92. The summed E-state index contributed by atoms with van der Waals surface area (Å²) in [6.45, 7) is 6.55. The summed E-state index contributed by atoms with van der Waals surface area (Å²) in [5.74, 6) is 0.319. The largest absolute Gasteiger partial charge is 0.359 e. The average molecular weight is 368 g/mol. The second kappa shape index (κ2) is 7.89. The molecule has 0 spiro atoms. The minimum atomic E-state index is -3.92. The summed E-state index contributed by atoms with van der Waals surface area (Å²) in [5, 5.41) is 0. The zero-order chi connectivity index (χ0) is 18.0. The molecule has 0 bridgehead atoms. The Kier molecular flexibility index (Phi) is 6.02. The van der Waals surface area contributed by atoms with Gasteiger partial charge in [-0.05, 0) is 30.6 Å². The van der Waals surface area contributed by atoms with Crippen molar-refractivity contribution in [3.63, 3.8) is 0 Å². The van der Waals surface area contributed by atoms with Gasteiger partial charge in [0.25, 0.3) is 0 Å². The smallest absolute Gasteiger partial charge is 0.345 e. The van der Waals surface area contributed by atoms with Crippen LogP contribution in [0, 0.1) is 17.8 Å². The molecule has 1 aromatic rings. The Balaban J connectivity index is 1.66. The van der Waals surface area contributed by atoms with Gasteiger partial charge in [-0.3, -0.25) is 4.57 Å². The Labute approximate surface area is 150 Å². The van der Waals surface area contributed by atoms with Crippen LogP contribution in [0.15, 0.2) is 30.3 Å². The molecule has 0 amide bonds. The molecule has 140 valence electrons. The maximum atomic E-state index is 12.9. The van der Waals surface area contributed by atoms with Gasteiger partial charge < -0.3 is 18.9 Å². The summed E-state index contributed by atoms with van der Waals surface area (Å²) >= 11 is 0. The van der Waals surface area contributed by atoms with Crippen LogP contribution in [0.5, 0.6) is 0 Å². The van der Waals surface area contributed by atoms with Gasteiger partial charge in [-0.15, -0.1) is 0 Å². The number of benzene rings is 1. The summed E-state index contributed by atoms with van der Waals surface area (Å²) in [5.41, 5.74) is 0.844. The predicted octanol–water partition coefficient (Wildman–Crippen LogP) is 4.72. The van der Waals surface area contributed by atoms with E-state index in [0.29, 0.717) is 17.8 Å². The van der Waals surface area contributed by atoms with Crippen LogP contribution < -0.4 is 0 Å². The molecule has 6 atom stereocenters. The quantitative estimate of drug-likeness (QED) is 0.762. The summed E-state index contributed by atoms with van der Waals surface area (Å²) < 4.78 is 30.0. The molecule has 25 heavy (non-hydrogen) atoms. The Morgan fingerprint density at radius 3 is 2.64 bits per heavy atom. The lowest BCUT2D eigenvalue weighted by Crippen LogP contribution is -2.34. The molecule has 4 unspecified atom stereocenters. The van der Waals surface area contributed by atoms with E-state index in [1.165, 1.54) is 0 Å². The van der Waals surface area contributed by atoms with E-state index < -0.39 is 19.7 Å². The second-order valence-corrected chi connectivity index (χ2v) is 9.62. The molecule has 5 nitrogen and oxygen atoms in total. The molecular formula is C19H29O5P. The van der Waals surface area contributed by atoms with Crippen molar-refractivity contribution in [3.05, 3.63) is 35.9 Å². The molecule has 2 aliphatic rings. The SMILES string of the molecule is CC(C)[C@@H]1CC[C@@H](C)CC1OP(=O)(O)C1COC(c2ccccc2)O1. The van der Waals surface area contributed by atoms with Crippen molar-refractivity contribution in [2.24, 2.45) is 17.8 Å². The first-order valence-corrected chi connectivity index (χ1v) is 10.8. The summed E-state index contributed by atoms with van der Waals surface area (Å²) in [4.78, 5) is 10.5. The highest BCUT2D eigenvalue weighted by atomic mass is 31.2. The molecule has 1 aliphatic heterocycles. The van der Waals surface area contributed by atoms with Crippen molar-refractivity contribution in [2.45, 2.75) is 58.3 Å². The highest BCUT2D eigenvalue weighted by molar-refractivity contribution is 7.53. The van der Waals surface area contributed by atoms with Crippen molar-refractivity contribution in [1.82, 2.24) is 0 Å². The summed E-state index contributed by atoms with van der Waals surface area (Å²) in [6, 6.07) is 9.45. The molecule has 1 aromatic carbocycles. The maximum absolute atomic E-state index is 12.9. The third kappa shape index (κ3) is 4.53. The first-order chi connectivity index (χ1) is 11.9. The van der Waals surface area contributed by atoms with Crippen LogP contribution in [0.1, 0.15) is 51.9 Å². The molecule has 3 rings (SSSR count). The molecule has 1 N–H and O–H groups in total. The Morgan fingerprint density at radius 1 is 1.24 bits per heavy atom. The van der Waals surface area contributed by atoms with Gasteiger partial charge in [0.05, 0.1) is 12.7 Å². The Bertz CT molecular complexity index is 605. The van der Waals surface area contributed by atoms with E-state index in [0.717, 1.165) is 24.8 Å². The average Bonchev–Trinajstić information content (AvgIpc) is 3.06. The molecule has 1 heterocycles. The highest BCUT2D eigenvalue weighted by Gasteiger charge is 2.45. The van der Waals surface area contributed by atoms with Crippen LogP contribution in [0.3, 0.4) is 0 Å². The molecule has 1 saturated carbocycles. The van der Waals surface area contributed by atoms with Gasteiger partial charge in [-0.25, -0.2) is 0 Å². The minimum absolute atomic E-state index is 0.0714. The van der Waals surface area contributed by atoms with Crippen LogP contribution >= 0.6 is 7.60 Å². The second-order valence-electron chi connectivity index (χ2n) is 7.70. The molecule has 6 heteroatoms. The third-order valence-corrected chi connectivity index (χ3v) is 6.93. The van der Waals surface area contributed by atoms with Crippen LogP contribution in [0.2, 0.25) is 0 Å². The number of ether oxygens (including phenoxy) is 2. The number of hydrogen-bond acceptors (Lipinski definition) is 4. The Morgan fingerprint density at radius 2 is 1.96 bits per heavy atom. The first kappa shape index (κ1) is 19.1. The molecular weight excluding hydrogens is 339 g/mol. The first-order valence-electron chi connectivity index (χ1n) is 9.19. The molecule has 0 radical (unpaired) electrons. The zero-order valence-corrected chi connectivity index (χ0v) is 16.1. The van der Waals surface area contributed by atoms with E-state index in [1.807, 2.05) is 30.3 Å². The van der Waals surface area contributed by atoms with E-state index in [9.17, 15) is 9.46 Å². The Hall–Kier alpha value is -0.710. The fourth-order valence-electron chi connectivity index (χ4n) is 3.84. The van der Waals surface area contributed by atoms with Crippen molar-refractivity contribution in [2.75, 3.05) is 6.61 Å². The highest BCUT2D eigenvalue weighted by Crippen LogP contribution is 2.55. The van der Waals surface area contributed by atoms with Crippen LogP contribution in [0.4, 0.5) is 0 Å². The van der Waals surface area contributed by atoms with Crippen LogP contribution in [-0.2, 0) is 18.6 Å². The number of rotatable bonds is 5. The van der Waals surface area contributed by atoms with Gasteiger partial charge in [0, 0.05) is 5.56 Å². The van der Waals surface area contributed by atoms with Crippen molar-refractivity contribution >= 4 is 7.60 Å². The zero-order valence-electron chi connectivity index (χ0n) is 15.2. The summed E-state index contributed by atoms with van der Waals surface area (Å²) in [6.07, 6.45) is 2.21. The van der Waals surface area contributed by atoms with E-state index in [2.05, 4.69) is 20.8 Å². The van der Waals surface area contributed by atoms with E-state index in [1.54, 1.807) is 0 Å². The lowest BCUT2D eigenvalue weighted by Gasteiger charge is -2.38. The molecule has 1 saturated heterocycles. The lowest BCUT2D eigenvalue weighted by molar-refractivity contribution is -0.0549. The van der Waals surface area contributed by atoms with Crippen LogP contribution in [-0.4, -0.2) is 23.4 Å². The van der Waals surface area contributed by atoms with Gasteiger partial charge in [0.1, 0.15) is 0 Å². The lowest BCUT2D eigenvalue weighted by atomic mass is 9.75. The molecule has 0 aromatic heterocycles. The normalized spacial score (nSPS) is 35.6. The predicted molar refractivity (Wildman–Crippen MR) is 96.0 cm³/mol. The van der Waals surface area contributed by atoms with E-state index in [-0.39, 0.29) is 12.7 Å². The fourth-order valence-corrected chi connectivity index (χ4v) is 5.15.